The number of nitrogens with zero attached hydrogens (tertiary/aromatic N) is 2. The number of amides is 2. The van der Waals surface area contributed by atoms with Crippen LogP contribution in [0.5, 0.6) is 0 Å². The third-order valence-electron chi connectivity index (χ3n) is 5.98. The molecule has 0 heterocycles. The highest BCUT2D eigenvalue weighted by Crippen LogP contribution is 2.25. The van der Waals surface area contributed by atoms with Gasteiger partial charge in [0.25, 0.3) is 0 Å². The lowest BCUT2D eigenvalue weighted by Crippen LogP contribution is -2.48. The van der Waals surface area contributed by atoms with E-state index >= 15 is 0 Å². The van der Waals surface area contributed by atoms with Crippen molar-refractivity contribution in [2.75, 3.05) is 23.7 Å². The monoisotopic (exact) mass is 569 g/mol. The molecule has 0 spiro atoms. The van der Waals surface area contributed by atoms with E-state index in [-0.39, 0.29) is 31.3 Å². The van der Waals surface area contributed by atoms with E-state index in [1.807, 2.05) is 39.0 Å². The van der Waals surface area contributed by atoms with Gasteiger partial charge in [0.1, 0.15) is 6.04 Å². The zero-order valence-corrected chi connectivity index (χ0v) is 24.5. The molecule has 204 valence electrons. The fourth-order valence-electron chi connectivity index (χ4n) is 4.05. The van der Waals surface area contributed by atoms with Crippen molar-refractivity contribution >= 4 is 50.7 Å². The highest BCUT2D eigenvalue weighted by atomic mass is 35.5. The van der Waals surface area contributed by atoms with Crippen LogP contribution in [0.1, 0.15) is 56.2 Å². The van der Waals surface area contributed by atoms with E-state index in [1.54, 1.807) is 25.1 Å². The molecule has 2 aromatic rings. The number of rotatable bonds is 13. The second kappa shape index (κ2) is 14.0. The van der Waals surface area contributed by atoms with Crippen molar-refractivity contribution in [3.05, 3.63) is 63.1 Å². The van der Waals surface area contributed by atoms with E-state index in [1.165, 1.54) is 9.21 Å². The molecule has 0 aliphatic rings. The number of benzene rings is 2. The number of hydrogen-bond donors (Lipinski definition) is 1. The maximum Gasteiger partial charge on any atom is 0.242 e. The average Bonchev–Trinajstić information content (AvgIpc) is 2.80. The van der Waals surface area contributed by atoms with Gasteiger partial charge in [-0.1, -0.05) is 48.7 Å². The van der Waals surface area contributed by atoms with Crippen molar-refractivity contribution < 1.29 is 18.0 Å². The second-order valence-electron chi connectivity index (χ2n) is 9.38. The molecule has 2 amide bonds. The Hall–Kier alpha value is -2.29. The summed E-state index contributed by atoms with van der Waals surface area (Å²) in [7, 11) is -3.55. The van der Waals surface area contributed by atoms with Crippen LogP contribution >= 0.6 is 23.2 Å². The molecular formula is C27H37Cl2N3O4S. The Balaban J connectivity index is 2.20. The lowest BCUT2D eigenvalue weighted by molar-refractivity contribution is -0.140. The van der Waals surface area contributed by atoms with E-state index in [4.69, 9.17) is 23.2 Å². The number of nitrogens with one attached hydrogen (secondary N) is 1. The Morgan fingerprint density at radius 2 is 1.65 bits per heavy atom. The number of halogens is 2. The quantitative estimate of drug-likeness (QED) is 0.323. The first-order chi connectivity index (χ1) is 17.3. The van der Waals surface area contributed by atoms with Gasteiger partial charge in [-0.15, -0.1) is 0 Å². The minimum absolute atomic E-state index is 0.0741. The molecule has 1 unspecified atom stereocenters. The fourth-order valence-corrected chi connectivity index (χ4v) is 5.32. The summed E-state index contributed by atoms with van der Waals surface area (Å²) in [6.45, 7) is 8.40. The summed E-state index contributed by atoms with van der Waals surface area (Å²) in [6.07, 6.45) is 3.31. The predicted octanol–water partition coefficient (Wildman–Crippen LogP) is 5.49. The zero-order valence-electron chi connectivity index (χ0n) is 22.2. The molecule has 0 aliphatic carbocycles. The number of aryl methyl sites for hydroxylation is 2. The molecule has 0 bridgehead atoms. The van der Waals surface area contributed by atoms with Gasteiger partial charge in [0, 0.05) is 26.1 Å². The second-order valence-corrected chi connectivity index (χ2v) is 12.1. The number of sulfonamides is 1. The van der Waals surface area contributed by atoms with E-state index in [0.29, 0.717) is 28.7 Å². The molecule has 2 aromatic carbocycles. The van der Waals surface area contributed by atoms with Gasteiger partial charge in [-0.25, -0.2) is 8.42 Å². The number of anilines is 1. The zero-order chi connectivity index (χ0) is 27.8. The van der Waals surface area contributed by atoms with Crippen LogP contribution in [0.4, 0.5) is 5.69 Å². The van der Waals surface area contributed by atoms with Crippen LogP contribution in [0.15, 0.2) is 36.4 Å². The molecule has 2 rings (SSSR count). The van der Waals surface area contributed by atoms with Crippen molar-refractivity contribution in [2.45, 2.75) is 66.0 Å². The van der Waals surface area contributed by atoms with Crippen LogP contribution in [0.3, 0.4) is 0 Å². The van der Waals surface area contributed by atoms with Crippen molar-refractivity contribution in [1.29, 1.82) is 0 Å². The summed E-state index contributed by atoms with van der Waals surface area (Å²) >= 11 is 12.2. The first-order valence-corrected chi connectivity index (χ1v) is 15.0. The lowest BCUT2D eigenvalue weighted by Gasteiger charge is -2.29. The minimum atomic E-state index is -3.55. The Labute approximate surface area is 231 Å². The van der Waals surface area contributed by atoms with E-state index < -0.39 is 16.1 Å². The Morgan fingerprint density at radius 1 is 1.00 bits per heavy atom. The molecule has 0 aromatic heterocycles. The van der Waals surface area contributed by atoms with Crippen LogP contribution in [0.2, 0.25) is 10.0 Å². The molecule has 0 saturated heterocycles. The largest absolute Gasteiger partial charge is 0.354 e. The standard InChI is InChI=1S/C27H37Cl2N3O4S/c1-6-7-12-30-27(34)21(4)31(18-22-10-11-24(28)25(29)17-22)26(33)9-8-13-32(37(5,35)36)23-15-19(2)14-20(3)16-23/h10-11,14-17,21H,6-9,12-13,18H2,1-5H3,(H,30,34). The molecular weight excluding hydrogens is 533 g/mol. The van der Waals surface area contributed by atoms with Crippen LogP contribution < -0.4 is 9.62 Å². The molecule has 0 radical (unpaired) electrons. The molecule has 0 aliphatic heterocycles. The van der Waals surface area contributed by atoms with Gasteiger partial charge >= 0.3 is 0 Å². The summed E-state index contributed by atoms with van der Waals surface area (Å²) in [5.74, 6) is -0.493. The summed E-state index contributed by atoms with van der Waals surface area (Å²) < 4.78 is 26.4. The summed E-state index contributed by atoms with van der Waals surface area (Å²) in [4.78, 5) is 27.7. The van der Waals surface area contributed by atoms with Crippen molar-refractivity contribution in [1.82, 2.24) is 10.2 Å². The van der Waals surface area contributed by atoms with Crippen molar-refractivity contribution in [2.24, 2.45) is 0 Å². The number of hydrogen-bond acceptors (Lipinski definition) is 4. The Bertz CT molecular complexity index is 1180. The Kier molecular flexibility index (Phi) is 11.7. The molecule has 1 atom stereocenters. The highest BCUT2D eigenvalue weighted by molar-refractivity contribution is 7.92. The first-order valence-electron chi connectivity index (χ1n) is 12.4. The molecule has 10 heteroatoms. The Morgan fingerprint density at radius 3 is 2.22 bits per heavy atom. The summed E-state index contributed by atoms with van der Waals surface area (Å²) in [5.41, 5.74) is 3.22. The van der Waals surface area contributed by atoms with Gasteiger partial charge < -0.3 is 10.2 Å². The lowest BCUT2D eigenvalue weighted by atomic mass is 10.1. The number of unbranched alkanes of at least 4 members (excludes halogenated alkanes) is 1. The van der Waals surface area contributed by atoms with Crippen molar-refractivity contribution in [3.63, 3.8) is 0 Å². The first kappa shape index (κ1) is 30.9. The summed E-state index contributed by atoms with van der Waals surface area (Å²) in [5, 5.41) is 3.65. The van der Waals surface area contributed by atoms with Gasteiger partial charge in [0.15, 0.2) is 0 Å². The molecule has 0 saturated carbocycles. The van der Waals surface area contributed by atoms with Gasteiger partial charge in [0.2, 0.25) is 21.8 Å². The minimum Gasteiger partial charge on any atom is -0.354 e. The summed E-state index contributed by atoms with van der Waals surface area (Å²) in [6, 6.07) is 9.98. The fraction of sp³-hybridized carbons (Fsp3) is 0.481. The van der Waals surface area contributed by atoms with E-state index in [2.05, 4.69) is 5.32 Å². The van der Waals surface area contributed by atoms with Crippen LogP contribution in [0.25, 0.3) is 0 Å². The smallest absolute Gasteiger partial charge is 0.242 e. The van der Waals surface area contributed by atoms with Crippen LogP contribution in [-0.4, -0.2) is 50.5 Å². The topological polar surface area (TPSA) is 86.8 Å². The molecule has 37 heavy (non-hydrogen) atoms. The average molecular weight is 571 g/mol. The normalized spacial score (nSPS) is 12.2. The van der Waals surface area contributed by atoms with Gasteiger partial charge in [-0.05, 0) is 74.6 Å². The third kappa shape index (κ3) is 9.51. The van der Waals surface area contributed by atoms with Crippen LogP contribution in [-0.2, 0) is 26.2 Å². The maximum absolute atomic E-state index is 13.4. The molecule has 0 fully saturated rings. The number of carbonyl (C=O) groups is 2. The van der Waals surface area contributed by atoms with Crippen molar-refractivity contribution in [3.8, 4) is 0 Å². The van der Waals surface area contributed by atoms with Gasteiger partial charge in [-0.2, -0.15) is 0 Å². The van der Waals surface area contributed by atoms with E-state index in [0.717, 1.165) is 35.8 Å². The van der Waals surface area contributed by atoms with Gasteiger partial charge in [0.05, 0.1) is 22.0 Å². The third-order valence-corrected chi connectivity index (χ3v) is 7.91. The number of carbonyl (C=O) groups excluding carboxylic acids is 2. The maximum atomic E-state index is 13.4. The predicted molar refractivity (Wildman–Crippen MR) is 152 cm³/mol. The SMILES string of the molecule is CCCCNC(=O)C(C)N(Cc1ccc(Cl)c(Cl)c1)C(=O)CCCN(c1cc(C)cc(C)c1)S(C)(=O)=O. The highest BCUT2D eigenvalue weighted by Gasteiger charge is 2.26. The van der Waals surface area contributed by atoms with Gasteiger partial charge in [-0.3, -0.25) is 13.9 Å². The van der Waals surface area contributed by atoms with Crippen LogP contribution in [0, 0.1) is 13.8 Å². The molecule has 7 nitrogen and oxygen atoms in total. The molecule has 1 N–H and O–H groups in total. The van der Waals surface area contributed by atoms with E-state index in [9.17, 15) is 18.0 Å².